The molecule has 0 unspecified atom stereocenters. The number of nitrogens with zero attached hydrogens (tertiary/aromatic N) is 3. The Labute approximate surface area is 144 Å². The zero-order valence-electron chi connectivity index (χ0n) is 15.3. The predicted octanol–water partition coefficient (Wildman–Crippen LogP) is 3.03. The fraction of sp³-hybridized carbons (Fsp3) is 0.474. The number of benzene rings is 1. The van der Waals surface area contributed by atoms with Gasteiger partial charge in [0.2, 0.25) is 0 Å². The molecule has 0 fully saturated rings. The van der Waals surface area contributed by atoms with Crippen LogP contribution in [-0.4, -0.2) is 45.8 Å². The number of aromatic nitrogens is 2. The molecule has 0 saturated carbocycles. The van der Waals surface area contributed by atoms with Crippen molar-refractivity contribution in [3.8, 4) is 5.69 Å². The summed E-state index contributed by atoms with van der Waals surface area (Å²) in [5, 5.41) is 7.27. The Morgan fingerprint density at radius 1 is 1.12 bits per heavy atom. The first kappa shape index (κ1) is 18.2. The van der Waals surface area contributed by atoms with Gasteiger partial charge in [-0.15, -0.1) is 0 Å². The lowest BCUT2D eigenvalue weighted by Gasteiger charge is -2.30. The minimum absolute atomic E-state index is 0.0359. The topological polar surface area (TPSA) is 50.2 Å². The van der Waals surface area contributed by atoms with Gasteiger partial charge in [0.15, 0.2) is 0 Å². The first-order valence-corrected chi connectivity index (χ1v) is 8.55. The number of aryl methyl sites for hydroxylation is 1. The quantitative estimate of drug-likeness (QED) is 0.850. The molecule has 2 aromatic rings. The van der Waals surface area contributed by atoms with Crippen molar-refractivity contribution in [1.29, 1.82) is 0 Å². The van der Waals surface area contributed by atoms with E-state index >= 15 is 0 Å². The molecule has 0 aliphatic heterocycles. The highest BCUT2D eigenvalue weighted by Crippen LogP contribution is 2.11. The molecule has 1 aromatic carbocycles. The third kappa shape index (κ3) is 4.45. The van der Waals surface area contributed by atoms with E-state index in [9.17, 15) is 4.79 Å². The lowest BCUT2D eigenvalue weighted by molar-refractivity contribution is 0.0939. The number of amides is 1. The van der Waals surface area contributed by atoms with Gasteiger partial charge in [-0.3, -0.25) is 9.69 Å². The highest BCUT2D eigenvalue weighted by atomic mass is 16.1. The first-order chi connectivity index (χ1) is 11.4. The largest absolute Gasteiger partial charge is 0.351 e. The molecule has 0 aliphatic rings. The summed E-state index contributed by atoms with van der Waals surface area (Å²) in [4.78, 5) is 14.6. The highest BCUT2D eigenvalue weighted by molar-refractivity contribution is 5.94. The van der Waals surface area contributed by atoms with Gasteiger partial charge in [0.05, 0.1) is 5.69 Å². The molecule has 1 amide bonds. The number of hydrogen-bond acceptors (Lipinski definition) is 3. The van der Waals surface area contributed by atoms with Gasteiger partial charge in [-0.1, -0.05) is 0 Å². The van der Waals surface area contributed by atoms with Gasteiger partial charge in [-0.25, -0.2) is 4.68 Å². The number of carbonyl (C=O) groups excluding carboxylic acids is 1. The molecule has 1 aromatic heterocycles. The maximum absolute atomic E-state index is 12.3. The molecule has 0 aliphatic carbocycles. The second-order valence-electron chi connectivity index (χ2n) is 6.61. The van der Waals surface area contributed by atoms with Crippen LogP contribution in [0.1, 0.15) is 43.7 Å². The van der Waals surface area contributed by atoms with Crippen molar-refractivity contribution < 1.29 is 4.79 Å². The smallest absolute Gasteiger partial charge is 0.251 e. The molecule has 24 heavy (non-hydrogen) atoms. The summed E-state index contributed by atoms with van der Waals surface area (Å²) in [6.45, 7) is 12.2. The SMILES string of the molecule is Cc1ccnn1-c1ccc(C(=O)NCCN(C(C)C)C(C)C)cc1. The number of rotatable bonds is 7. The summed E-state index contributed by atoms with van der Waals surface area (Å²) < 4.78 is 1.85. The van der Waals surface area contributed by atoms with E-state index in [-0.39, 0.29) is 5.91 Å². The maximum Gasteiger partial charge on any atom is 0.251 e. The van der Waals surface area contributed by atoms with Crippen molar-refractivity contribution in [3.63, 3.8) is 0 Å². The van der Waals surface area contributed by atoms with Gasteiger partial charge in [0.1, 0.15) is 0 Å². The molecule has 0 bridgehead atoms. The fourth-order valence-electron chi connectivity index (χ4n) is 2.91. The predicted molar refractivity (Wildman–Crippen MR) is 97.6 cm³/mol. The van der Waals surface area contributed by atoms with Crippen LogP contribution >= 0.6 is 0 Å². The van der Waals surface area contributed by atoms with Crippen molar-refractivity contribution in [3.05, 3.63) is 47.8 Å². The average Bonchev–Trinajstić information content (AvgIpc) is 2.96. The fourth-order valence-corrected chi connectivity index (χ4v) is 2.91. The van der Waals surface area contributed by atoms with Gasteiger partial charge in [0, 0.05) is 42.6 Å². The van der Waals surface area contributed by atoms with Crippen LogP contribution in [0.3, 0.4) is 0 Å². The normalized spacial score (nSPS) is 11.5. The van der Waals surface area contributed by atoms with Gasteiger partial charge in [-0.05, 0) is 65.0 Å². The van der Waals surface area contributed by atoms with E-state index in [4.69, 9.17) is 0 Å². The van der Waals surface area contributed by atoms with Crippen LogP contribution in [-0.2, 0) is 0 Å². The zero-order chi connectivity index (χ0) is 17.7. The molecular formula is C19H28N4O. The van der Waals surface area contributed by atoms with Crippen LogP contribution in [0.15, 0.2) is 36.5 Å². The Bertz CT molecular complexity index is 650. The number of nitrogens with one attached hydrogen (secondary N) is 1. The Hall–Kier alpha value is -2.14. The van der Waals surface area contributed by atoms with Crippen LogP contribution in [0, 0.1) is 6.92 Å². The Morgan fingerprint density at radius 3 is 2.25 bits per heavy atom. The van der Waals surface area contributed by atoms with E-state index in [1.807, 2.05) is 41.9 Å². The van der Waals surface area contributed by atoms with Crippen LogP contribution < -0.4 is 5.32 Å². The molecule has 0 radical (unpaired) electrons. The van der Waals surface area contributed by atoms with Crippen molar-refractivity contribution in [1.82, 2.24) is 20.0 Å². The van der Waals surface area contributed by atoms with Crippen molar-refractivity contribution >= 4 is 5.91 Å². The lowest BCUT2D eigenvalue weighted by atomic mass is 10.2. The monoisotopic (exact) mass is 328 g/mol. The summed E-state index contributed by atoms with van der Waals surface area (Å²) in [6, 6.07) is 10.4. The Balaban J connectivity index is 1.92. The maximum atomic E-state index is 12.3. The van der Waals surface area contributed by atoms with E-state index in [1.54, 1.807) is 6.20 Å². The average molecular weight is 328 g/mol. The van der Waals surface area contributed by atoms with Crippen LogP contribution in [0.2, 0.25) is 0 Å². The van der Waals surface area contributed by atoms with Gasteiger partial charge < -0.3 is 5.32 Å². The van der Waals surface area contributed by atoms with E-state index in [2.05, 4.69) is 43.0 Å². The molecule has 2 rings (SSSR count). The molecule has 0 saturated heterocycles. The third-order valence-electron chi connectivity index (χ3n) is 4.19. The molecule has 1 N–H and O–H groups in total. The van der Waals surface area contributed by atoms with Crippen molar-refractivity contribution in [2.24, 2.45) is 0 Å². The number of hydrogen-bond donors (Lipinski definition) is 1. The summed E-state index contributed by atoms with van der Waals surface area (Å²) in [6.07, 6.45) is 1.77. The van der Waals surface area contributed by atoms with Gasteiger partial charge >= 0.3 is 0 Å². The minimum atomic E-state index is -0.0359. The van der Waals surface area contributed by atoms with Gasteiger partial charge in [0.25, 0.3) is 5.91 Å². The van der Waals surface area contributed by atoms with Gasteiger partial charge in [-0.2, -0.15) is 5.10 Å². The van der Waals surface area contributed by atoms with Crippen molar-refractivity contribution in [2.45, 2.75) is 46.7 Å². The third-order valence-corrected chi connectivity index (χ3v) is 4.19. The van der Waals surface area contributed by atoms with E-state index in [0.29, 0.717) is 24.2 Å². The number of carbonyl (C=O) groups is 1. The highest BCUT2D eigenvalue weighted by Gasteiger charge is 2.13. The summed E-state index contributed by atoms with van der Waals surface area (Å²) >= 11 is 0. The zero-order valence-corrected chi connectivity index (χ0v) is 15.3. The molecule has 0 spiro atoms. The second-order valence-corrected chi connectivity index (χ2v) is 6.61. The second kappa shape index (κ2) is 8.11. The molecule has 5 nitrogen and oxygen atoms in total. The molecule has 0 atom stereocenters. The van der Waals surface area contributed by atoms with Crippen LogP contribution in [0.5, 0.6) is 0 Å². The first-order valence-electron chi connectivity index (χ1n) is 8.55. The lowest BCUT2D eigenvalue weighted by Crippen LogP contribution is -2.42. The summed E-state index contributed by atoms with van der Waals surface area (Å²) in [5.41, 5.74) is 2.69. The molecule has 130 valence electrons. The molecule has 1 heterocycles. The summed E-state index contributed by atoms with van der Waals surface area (Å²) in [5.74, 6) is -0.0359. The minimum Gasteiger partial charge on any atom is -0.351 e. The van der Waals surface area contributed by atoms with E-state index < -0.39 is 0 Å². The summed E-state index contributed by atoms with van der Waals surface area (Å²) in [7, 11) is 0. The Morgan fingerprint density at radius 2 is 1.75 bits per heavy atom. The van der Waals surface area contributed by atoms with Crippen molar-refractivity contribution in [2.75, 3.05) is 13.1 Å². The van der Waals surface area contributed by atoms with E-state index in [0.717, 1.165) is 17.9 Å². The van der Waals surface area contributed by atoms with Crippen LogP contribution in [0.4, 0.5) is 0 Å². The molecule has 5 heteroatoms. The van der Waals surface area contributed by atoms with Crippen LogP contribution in [0.25, 0.3) is 5.69 Å². The Kier molecular flexibility index (Phi) is 6.15. The molecular weight excluding hydrogens is 300 g/mol. The van der Waals surface area contributed by atoms with E-state index in [1.165, 1.54) is 0 Å². The standard InChI is InChI=1S/C19H28N4O/c1-14(2)22(15(3)4)13-12-20-19(24)17-6-8-18(9-7-17)23-16(5)10-11-21-23/h6-11,14-15H,12-13H2,1-5H3,(H,20,24).